The van der Waals surface area contributed by atoms with Crippen LogP contribution in [0.4, 0.5) is 17.5 Å². The van der Waals surface area contributed by atoms with Gasteiger partial charge in [-0.2, -0.15) is 4.98 Å². The topological polar surface area (TPSA) is 150 Å². The Bertz CT molecular complexity index is 1160. The van der Waals surface area contributed by atoms with Gasteiger partial charge in [-0.1, -0.05) is 17.7 Å². The lowest BCUT2D eigenvalue weighted by Gasteiger charge is -2.32. The minimum Gasteiger partial charge on any atom is -0.369 e. The Labute approximate surface area is 188 Å². The monoisotopic (exact) mass is 458 g/mol. The average molecular weight is 459 g/mol. The minimum atomic E-state index is -0.997. The van der Waals surface area contributed by atoms with Crippen LogP contribution in [0.5, 0.6) is 0 Å². The summed E-state index contributed by atoms with van der Waals surface area (Å²) >= 11 is 6.12. The number of amides is 3. The summed E-state index contributed by atoms with van der Waals surface area (Å²) in [5, 5.41) is 5.86. The standard InChI is InChI=1S/C21H23ClN6O4/c1-10-13(22)3-2-4-14(10)24-19(31)12-9-15(29)25-18-16(12)20(32)27-21(26-18)28-7-5-11(6-8-28)17(23)30/h2-4,11-12H,5-9H2,1H3,(H2,23,30)(H,24,31)(H2,25,26,27,29,32)/t12-/m0/s1. The van der Waals surface area contributed by atoms with E-state index in [0.29, 0.717) is 42.2 Å². The van der Waals surface area contributed by atoms with Crippen LogP contribution < -0.4 is 26.8 Å². The Morgan fingerprint density at radius 2 is 1.97 bits per heavy atom. The number of benzene rings is 1. The molecule has 2 aromatic rings. The van der Waals surface area contributed by atoms with Crippen LogP contribution in [0.25, 0.3) is 0 Å². The molecule has 3 amide bonds. The molecular weight excluding hydrogens is 436 g/mol. The highest BCUT2D eigenvalue weighted by Gasteiger charge is 2.35. The van der Waals surface area contributed by atoms with Crippen LogP contribution in [-0.4, -0.2) is 40.8 Å². The van der Waals surface area contributed by atoms with Crippen molar-refractivity contribution in [3.05, 3.63) is 44.7 Å². The van der Waals surface area contributed by atoms with Crippen LogP contribution in [0.2, 0.25) is 5.02 Å². The lowest BCUT2D eigenvalue weighted by atomic mass is 9.92. The second kappa shape index (κ2) is 8.62. The number of halogens is 1. The van der Waals surface area contributed by atoms with Crippen LogP contribution >= 0.6 is 11.6 Å². The van der Waals surface area contributed by atoms with Gasteiger partial charge in [-0.05, 0) is 37.5 Å². The van der Waals surface area contributed by atoms with Crippen molar-refractivity contribution in [2.75, 3.05) is 28.6 Å². The molecule has 1 saturated heterocycles. The van der Waals surface area contributed by atoms with E-state index >= 15 is 0 Å². The third-order valence-corrected chi connectivity index (χ3v) is 6.39. The van der Waals surface area contributed by atoms with Gasteiger partial charge in [-0.25, -0.2) is 0 Å². The molecule has 0 spiro atoms. The Kier molecular flexibility index (Phi) is 5.88. The maximum atomic E-state index is 13.0. The van der Waals surface area contributed by atoms with Gasteiger partial charge in [0.2, 0.25) is 23.7 Å². The number of piperidine rings is 1. The van der Waals surface area contributed by atoms with Crippen LogP contribution in [0.3, 0.4) is 0 Å². The fraction of sp³-hybridized carbons (Fsp3) is 0.381. The highest BCUT2D eigenvalue weighted by Crippen LogP contribution is 2.32. The van der Waals surface area contributed by atoms with Gasteiger partial charge in [0.25, 0.3) is 5.56 Å². The first kappa shape index (κ1) is 21.8. The third kappa shape index (κ3) is 4.18. The van der Waals surface area contributed by atoms with Crippen molar-refractivity contribution >= 4 is 46.8 Å². The van der Waals surface area contributed by atoms with E-state index in [2.05, 4.69) is 20.6 Å². The molecule has 1 fully saturated rings. The van der Waals surface area contributed by atoms with Crippen molar-refractivity contribution in [2.24, 2.45) is 11.7 Å². The number of anilines is 3. The number of rotatable bonds is 4. The molecular formula is C21H23ClN6O4. The van der Waals surface area contributed by atoms with Crippen molar-refractivity contribution in [1.82, 2.24) is 9.97 Å². The SMILES string of the molecule is Cc1c(Cl)cccc1NC(=O)[C@H]1CC(=O)Nc2nc(N3CCC(C(N)=O)CC3)[nH]c(=O)c21. The van der Waals surface area contributed by atoms with E-state index in [1.165, 1.54) is 0 Å². The van der Waals surface area contributed by atoms with Crippen molar-refractivity contribution in [2.45, 2.75) is 32.1 Å². The van der Waals surface area contributed by atoms with E-state index in [1.807, 2.05) is 4.90 Å². The number of carbonyl (C=O) groups excluding carboxylic acids is 3. The van der Waals surface area contributed by atoms with E-state index < -0.39 is 23.3 Å². The van der Waals surface area contributed by atoms with Gasteiger partial charge >= 0.3 is 0 Å². The maximum absolute atomic E-state index is 13.0. The number of hydrogen-bond donors (Lipinski definition) is 4. The van der Waals surface area contributed by atoms with Gasteiger partial charge < -0.3 is 21.3 Å². The van der Waals surface area contributed by atoms with Crippen LogP contribution in [-0.2, 0) is 14.4 Å². The fourth-order valence-corrected chi connectivity index (χ4v) is 4.25. The fourth-order valence-electron chi connectivity index (χ4n) is 4.07. The van der Waals surface area contributed by atoms with Gasteiger partial charge in [0.15, 0.2) is 0 Å². The number of primary amides is 1. The van der Waals surface area contributed by atoms with E-state index in [4.69, 9.17) is 17.3 Å². The molecule has 5 N–H and O–H groups in total. The van der Waals surface area contributed by atoms with Gasteiger partial charge in [0.05, 0.1) is 11.5 Å². The molecule has 10 nitrogen and oxygen atoms in total. The van der Waals surface area contributed by atoms with Crippen LogP contribution in [0.15, 0.2) is 23.0 Å². The number of fused-ring (bicyclic) bond motifs is 1. The number of aromatic nitrogens is 2. The van der Waals surface area contributed by atoms with Gasteiger partial charge in [-0.3, -0.25) is 24.2 Å². The second-order valence-electron chi connectivity index (χ2n) is 8.02. The molecule has 0 bridgehead atoms. The number of carbonyl (C=O) groups is 3. The Hall–Kier alpha value is -3.40. The average Bonchev–Trinajstić information content (AvgIpc) is 2.76. The molecule has 4 rings (SSSR count). The number of nitrogens with zero attached hydrogens (tertiary/aromatic N) is 2. The molecule has 0 aliphatic carbocycles. The predicted molar refractivity (Wildman–Crippen MR) is 120 cm³/mol. The molecule has 0 unspecified atom stereocenters. The summed E-state index contributed by atoms with van der Waals surface area (Å²) in [4.78, 5) is 58.6. The van der Waals surface area contributed by atoms with E-state index in [0.717, 1.165) is 0 Å². The zero-order valence-corrected chi connectivity index (χ0v) is 18.2. The quantitative estimate of drug-likeness (QED) is 0.545. The number of nitrogens with one attached hydrogen (secondary N) is 3. The van der Waals surface area contributed by atoms with Crippen molar-refractivity contribution in [1.29, 1.82) is 0 Å². The lowest BCUT2D eigenvalue weighted by Crippen LogP contribution is -2.41. The van der Waals surface area contributed by atoms with E-state index in [1.54, 1.807) is 25.1 Å². The molecule has 3 heterocycles. The third-order valence-electron chi connectivity index (χ3n) is 5.98. The molecule has 2 aliphatic rings. The van der Waals surface area contributed by atoms with Crippen molar-refractivity contribution in [3.63, 3.8) is 0 Å². The summed E-state index contributed by atoms with van der Waals surface area (Å²) < 4.78 is 0. The molecule has 1 aromatic carbocycles. The summed E-state index contributed by atoms with van der Waals surface area (Å²) in [6.07, 6.45) is 0.922. The first-order chi connectivity index (χ1) is 15.2. The molecule has 1 aromatic heterocycles. The van der Waals surface area contributed by atoms with Gasteiger partial charge in [-0.15, -0.1) is 0 Å². The zero-order valence-electron chi connectivity index (χ0n) is 17.4. The van der Waals surface area contributed by atoms with Crippen molar-refractivity contribution in [3.8, 4) is 0 Å². The maximum Gasteiger partial charge on any atom is 0.258 e. The molecule has 0 radical (unpaired) electrons. The number of hydrogen-bond acceptors (Lipinski definition) is 6. The van der Waals surface area contributed by atoms with Crippen LogP contribution in [0.1, 0.15) is 36.3 Å². The molecule has 168 valence electrons. The number of aromatic amines is 1. The largest absolute Gasteiger partial charge is 0.369 e. The molecule has 11 heteroatoms. The Balaban J connectivity index is 1.61. The predicted octanol–water partition coefficient (Wildman–Crippen LogP) is 1.50. The highest BCUT2D eigenvalue weighted by molar-refractivity contribution is 6.31. The number of H-pyrrole nitrogens is 1. The smallest absolute Gasteiger partial charge is 0.258 e. The second-order valence-corrected chi connectivity index (χ2v) is 8.43. The summed E-state index contributed by atoms with van der Waals surface area (Å²) in [5.41, 5.74) is 6.18. The van der Waals surface area contributed by atoms with Gasteiger partial charge in [0, 0.05) is 36.1 Å². The van der Waals surface area contributed by atoms with Gasteiger partial charge in [0.1, 0.15) is 5.82 Å². The lowest BCUT2D eigenvalue weighted by molar-refractivity contribution is -0.123. The first-order valence-electron chi connectivity index (χ1n) is 10.3. The Morgan fingerprint density at radius 1 is 1.25 bits per heavy atom. The van der Waals surface area contributed by atoms with Crippen molar-refractivity contribution < 1.29 is 14.4 Å². The summed E-state index contributed by atoms with van der Waals surface area (Å²) in [6.45, 7) is 2.74. The molecule has 0 saturated carbocycles. The highest BCUT2D eigenvalue weighted by atomic mass is 35.5. The zero-order chi connectivity index (χ0) is 23.0. The summed E-state index contributed by atoms with van der Waals surface area (Å²) in [5.74, 6) is -2.09. The minimum absolute atomic E-state index is 0.0694. The number of nitrogens with two attached hydrogens (primary N) is 1. The first-order valence-corrected chi connectivity index (χ1v) is 10.7. The van der Waals surface area contributed by atoms with E-state index in [-0.39, 0.29) is 35.6 Å². The summed E-state index contributed by atoms with van der Waals surface area (Å²) in [7, 11) is 0. The van der Waals surface area contributed by atoms with Crippen LogP contribution in [0, 0.1) is 12.8 Å². The normalized spacial score (nSPS) is 18.6. The molecule has 1 atom stereocenters. The Morgan fingerprint density at radius 3 is 2.66 bits per heavy atom. The van der Waals surface area contributed by atoms with E-state index in [9.17, 15) is 19.2 Å². The molecule has 32 heavy (non-hydrogen) atoms. The summed E-state index contributed by atoms with van der Waals surface area (Å²) in [6, 6.07) is 5.11. The molecule has 2 aliphatic heterocycles.